The molecule has 0 saturated carbocycles. The molecule has 0 bridgehead atoms. The van der Waals surface area contributed by atoms with Crippen molar-refractivity contribution in [2.75, 3.05) is 31.6 Å². The number of rotatable bonds is 7. The van der Waals surface area contributed by atoms with Gasteiger partial charge in [0.1, 0.15) is 11.6 Å². The molecule has 1 aliphatic heterocycles. The van der Waals surface area contributed by atoms with E-state index < -0.39 is 0 Å². The van der Waals surface area contributed by atoms with Crippen LogP contribution in [-0.2, 0) is 13.1 Å². The Morgan fingerprint density at radius 1 is 1.17 bits per heavy atom. The second kappa shape index (κ2) is 10.7. The lowest BCUT2D eigenvalue weighted by atomic mass is 9.99. The zero-order valence-corrected chi connectivity index (χ0v) is 17.8. The van der Waals surface area contributed by atoms with Crippen LogP contribution in [0.3, 0.4) is 0 Å². The Labute approximate surface area is 174 Å². The summed E-state index contributed by atoms with van der Waals surface area (Å²) in [5.41, 5.74) is 2.20. The number of para-hydroxylation sites is 1. The number of aliphatic imine (C=N–C) groups is 1. The molecule has 29 heavy (non-hydrogen) atoms. The van der Waals surface area contributed by atoms with Gasteiger partial charge in [0.05, 0.1) is 13.7 Å². The largest absolute Gasteiger partial charge is 0.496 e. The average Bonchev–Trinajstić information content (AvgIpc) is 2.77. The number of benzene rings is 1. The van der Waals surface area contributed by atoms with Crippen LogP contribution >= 0.6 is 0 Å². The number of nitrogens with zero attached hydrogens (tertiary/aromatic N) is 3. The van der Waals surface area contributed by atoms with E-state index >= 15 is 0 Å². The van der Waals surface area contributed by atoms with Gasteiger partial charge in [-0.3, -0.25) is 0 Å². The fraction of sp³-hybridized carbons (Fsp3) is 0.478. The fourth-order valence-corrected chi connectivity index (χ4v) is 3.48. The Hall–Kier alpha value is -2.76. The number of pyridine rings is 1. The van der Waals surface area contributed by atoms with Crippen molar-refractivity contribution in [3.05, 3.63) is 53.7 Å². The first-order valence-electron chi connectivity index (χ1n) is 10.5. The third kappa shape index (κ3) is 6.11. The number of methoxy groups -OCH3 is 1. The fourth-order valence-electron chi connectivity index (χ4n) is 3.48. The van der Waals surface area contributed by atoms with Crippen LogP contribution in [-0.4, -0.2) is 37.7 Å². The van der Waals surface area contributed by atoms with Crippen LogP contribution in [0.2, 0.25) is 0 Å². The van der Waals surface area contributed by atoms with Crippen molar-refractivity contribution in [3.63, 3.8) is 0 Å². The predicted molar refractivity (Wildman–Crippen MR) is 119 cm³/mol. The summed E-state index contributed by atoms with van der Waals surface area (Å²) in [5, 5.41) is 6.68. The van der Waals surface area contributed by atoms with Crippen LogP contribution in [0.25, 0.3) is 0 Å². The van der Waals surface area contributed by atoms with E-state index in [2.05, 4.69) is 52.6 Å². The van der Waals surface area contributed by atoms with Crippen LogP contribution < -0.4 is 20.3 Å². The molecule has 6 heteroatoms. The van der Waals surface area contributed by atoms with Gasteiger partial charge in [-0.25, -0.2) is 9.98 Å². The third-order valence-electron chi connectivity index (χ3n) is 5.32. The first kappa shape index (κ1) is 21.0. The van der Waals surface area contributed by atoms with Crippen LogP contribution in [0.4, 0.5) is 5.82 Å². The number of aromatic nitrogens is 1. The number of hydrogen-bond donors (Lipinski definition) is 2. The minimum absolute atomic E-state index is 0.589. The molecule has 2 aromatic rings. The number of hydrogen-bond acceptors (Lipinski definition) is 4. The Balaban J connectivity index is 1.58. The van der Waals surface area contributed by atoms with E-state index in [1.165, 1.54) is 12.8 Å². The van der Waals surface area contributed by atoms with Gasteiger partial charge >= 0.3 is 0 Å². The van der Waals surface area contributed by atoms with E-state index in [0.717, 1.165) is 54.2 Å². The van der Waals surface area contributed by atoms with Gasteiger partial charge < -0.3 is 20.3 Å². The van der Waals surface area contributed by atoms with Crippen molar-refractivity contribution in [1.82, 2.24) is 15.6 Å². The Morgan fingerprint density at radius 3 is 2.66 bits per heavy atom. The molecule has 2 N–H and O–H groups in total. The van der Waals surface area contributed by atoms with Crippen LogP contribution in [0.5, 0.6) is 5.75 Å². The maximum absolute atomic E-state index is 5.42. The highest BCUT2D eigenvalue weighted by Gasteiger charge is 2.16. The highest BCUT2D eigenvalue weighted by molar-refractivity contribution is 5.79. The van der Waals surface area contributed by atoms with E-state index in [1.807, 2.05) is 24.4 Å². The lowest BCUT2D eigenvalue weighted by Crippen LogP contribution is -2.36. The second-order valence-corrected chi connectivity index (χ2v) is 7.55. The molecule has 3 rings (SSSR count). The van der Waals surface area contributed by atoms with Crippen molar-refractivity contribution < 1.29 is 4.74 Å². The van der Waals surface area contributed by atoms with Gasteiger partial charge in [-0.05, 0) is 43.4 Å². The molecule has 0 atom stereocenters. The monoisotopic (exact) mass is 395 g/mol. The zero-order valence-electron chi connectivity index (χ0n) is 17.8. The van der Waals surface area contributed by atoms with Crippen molar-refractivity contribution in [2.24, 2.45) is 10.9 Å². The lowest BCUT2D eigenvalue weighted by Gasteiger charge is -2.31. The normalized spacial score (nSPS) is 15.3. The minimum Gasteiger partial charge on any atom is -0.496 e. The SMILES string of the molecule is CCNC(=NCc1ccc(N2CCC(C)CC2)nc1)NCc1ccccc1OC. The number of ether oxygens (including phenoxy) is 1. The molecular weight excluding hydrogens is 362 g/mol. The molecule has 1 aromatic carbocycles. The molecule has 0 unspecified atom stereocenters. The van der Waals surface area contributed by atoms with E-state index in [9.17, 15) is 0 Å². The quantitative estimate of drug-likeness (QED) is 0.554. The van der Waals surface area contributed by atoms with E-state index in [1.54, 1.807) is 7.11 Å². The molecule has 0 aliphatic carbocycles. The molecule has 156 valence electrons. The summed E-state index contributed by atoms with van der Waals surface area (Å²) in [6, 6.07) is 12.3. The molecule has 1 saturated heterocycles. The van der Waals surface area contributed by atoms with E-state index in [0.29, 0.717) is 13.1 Å². The maximum atomic E-state index is 5.42. The highest BCUT2D eigenvalue weighted by atomic mass is 16.5. The van der Waals surface area contributed by atoms with Crippen molar-refractivity contribution in [1.29, 1.82) is 0 Å². The maximum Gasteiger partial charge on any atom is 0.191 e. The summed E-state index contributed by atoms with van der Waals surface area (Å²) < 4.78 is 5.42. The van der Waals surface area contributed by atoms with E-state index in [-0.39, 0.29) is 0 Å². The Morgan fingerprint density at radius 2 is 1.97 bits per heavy atom. The average molecular weight is 396 g/mol. The van der Waals surface area contributed by atoms with Gasteiger partial charge in [0.2, 0.25) is 0 Å². The van der Waals surface area contributed by atoms with Gasteiger partial charge in [0.15, 0.2) is 5.96 Å². The Kier molecular flexibility index (Phi) is 7.73. The van der Waals surface area contributed by atoms with Gasteiger partial charge in [-0.1, -0.05) is 31.2 Å². The van der Waals surface area contributed by atoms with Crippen LogP contribution in [0.15, 0.2) is 47.6 Å². The second-order valence-electron chi connectivity index (χ2n) is 7.55. The zero-order chi connectivity index (χ0) is 20.5. The topological polar surface area (TPSA) is 61.8 Å². The molecule has 1 aromatic heterocycles. The highest BCUT2D eigenvalue weighted by Crippen LogP contribution is 2.21. The lowest BCUT2D eigenvalue weighted by molar-refractivity contribution is 0.409. The summed E-state index contributed by atoms with van der Waals surface area (Å²) in [7, 11) is 1.69. The van der Waals surface area contributed by atoms with Crippen molar-refractivity contribution in [3.8, 4) is 5.75 Å². The van der Waals surface area contributed by atoms with E-state index in [4.69, 9.17) is 9.73 Å². The predicted octanol–water partition coefficient (Wildman–Crippen LogP) is 3.58. The molecule has 1 aliphatic rings. The minimum atomic E-state index is 0.589. The first-order valence-corrected chi connectivity index (χ1v) is 10.5. The summed E-state index contributed by atoms with van der Waals surface area (Å²) in [5.74, 6) is 3.56. The molecule has 2 heterocycles. The summed E-state index contributed by atoms with van der Waals surface area (Å²) in [6.45, 7) is 8.65. The van der Waals surface area contributed by atoms with Crippen molar-refractivity contribution >= 4 is 11.8 Å². The molecule has 0 amide bonds. The molecule has 0 radical (unpaired) electrons. The third-order valence-corrected chi connectivity index (χ3v) is 5.32. The Bertz CT molecular complexity index is 782. The van der Waals surface area contributed by atoms with Crippen molar-refractivity contribution in [2.45, 2.75) is 39.8 Å². The molecular formula is C23H33N5O. The van der Waals surface area contributed by atoms with Gasteiger partial charge in [0, 0.05) is 37.9 Å². The molecule has 1 fully saturated rings. The number of anilines is 1. The standard InChI is InChI=1S/C23H33N5O/c1-4-24-23(27-17-20-7-5-6-8-21(20)29-3)26-16-19-9-10-22(25-15-19)28-13-11-18(2)12-14-28/h5-10,15,18H,4,11-14,16-17H2,1-3H3,(H2,24,26,27). The summed E-state index contributed by atoms with van der Waals surface area (Å²) >= 11 is 0. The van der Waals surface area contributed by atoms with Gasteiger partial charge in [-0.15, -0.1) is 0 Å². The number of nitrogens with one attached hydrogen (secondary N) is 2. The smallest absolute Gasteiger partial charge is 0.191 e. The first-order chi connectivity index (χ1) is 14.2. The molecule has 6 nitrogen and oxygen atoms in total. The number of guanidine groups is 1. The van der Waals surface area contributed by atoms with Gasteiger partial charge in [0.25, 0.3) is 0 Å². The molecule has 0 spiro atoms. The van der Waals surface area contributed by atoms with Gasteiger partial charge in [-0.2, -0.15) is 0 Å². The van der Waals surface area contributed by atoms with Crippen LogP contribution in [0.1, 0.15) is 37.8 Å². The van der Waals surface area contributed by atoms with Crippen LogP contribution in [0, 0.1) is 5.92 Å². The summed E-state index contributed by atoms with van der Waals surface area (Å²) in [4.78, 5) is 11.8. The number of piperidine rings is 1. The summed E-state index contributed by atoms with van der Waals surface area (Å²) in [6.07, 6.45) is 4.44.